The van der Waals surface area contributed by atoms with Crippen LogP contribution in [0.5, 0.6) is 0 Å². The number of amides is 1. The number of carbonyl (C=O) groups excluding carboxylic acids is 1. The summed E-state index contributed by atoms with van der Waals surface area (Å²) in [6, 6.07) is 14.7. The maximum Gasteiger partial charge on any atom is 0.272 e. The van der Waals surface area contributed by atoms with Gasteiger partial charge >= 0.3 is 0 Å². The molecule has 0 spiro atoms. The van der Waals surface area contributed by atoms with Crippen molar-refractivity contribution in [1.82, 2.24) is 9.55 Å². The minimum atomic E-state index is -0.185. The first kappa shape index (κ1) is 21.0. The first-order valence-corrected chi connectivity index (χ1v) is 11.7. The number of nitrogens with one attached hydrogen (secondary N) is 1. The normalized spacial score (nSPS) is 15.1. The van der Waals surface area contributed by atoms with Crippen molar-refractivity contribution in [3.8, 4) is 5.69 Å². The van der Waals surface area contributed by atoms with Crippen molar-refractivity contribution in [2.45, 2.75) is 35.6 Å². The zero-order chi connectivity index (χ0) is 21.3. The lowest BCUT2D eigenvalue weighted by Gasteiger charge is -2.14. The van der Waals surface area contributed by atoms with Gasteiger partial charge in [-0.05, 0) is 37.3 Å². The van der Waals surface area contributed by atoms with Gasteiger partial charge in [0.25, 0.3) is 5.56 Å². The molecule has 30 heavy (non-hydrogen) atoms. The number of nitrogens with zero attached hydrogens (tertiary/aromatic N) is 2. The lowest BCUT2D eigenvalue weighted by molar-refractivity contribution is -0.113. The molecule has 0 fully saturated rings. The molecule has 5 nitrogen and oxygen atoms in total. The van der Waals surface area contributed by atoms with Crippen molar-refractivity contribution >= 4 is 46.7 Å². The average Bonchev–Trinajstić information content (AvgIpc) is 3.08. The zero-order valence-electron chi connectivity index (χ0n) is 16.5. The maximum atomic E-state index is 13.3. The van der Waals surface area contributed by atoms with Crippen LogP contribution in [0.3, 0.4) is 0 Å². The number of carbonyl (C=O) groups is 1. The fraction of sp³-hybridized carbons (Fsp3) is 0.227. The molecule has 0 saturated heterocycles. The summed E-state index contributed by atoms with van der Waals surface area (Å²) < 4.78 is 1.61. The molecule has 2 aromatic carbocycles. The molecule has 0 saturated carbocycles. The maximum absolute atomic E-state index is 13.3. The van der Waals surface area contributed by atoms with Crippen LogP contribution in [0.15, 0.2) is 63.4 Å². The molecule has 0 aliphatic carbocycles. The number of rotatable bonds is 5. The minimum Gasteiger partial charge on any atom is -0.325 e. The Hall–Kier alpha value is -2.22. The van der Waals surface area contributed by atoms with E-state index in [1.54, 1.807) is 40.6 Å². The van der Waals surface area contributed by atoms with E-state index in [4.69, 9.17) is 16.6 Å². The molecule has 0 radical (unpaired) electrons. The van der Waals surface area contributed by atoms with Crippen LogP contribution in [-0.2, 0) is 11.2 Å². The summed E-state index contributed by atoms with van der Waals surface area (Å²) in [5, 5.41) is 4.23. The summed E-state index contributed by atoms with van der Waals surface area (Å²) in [4.78, 5) is 31.2. The standard InChI is InChI=1S/C22H20ClN3O2S2/c1-13-6-8-17(9-7-13)26-21(28)20-18(10-14(2)30-20)25-22(26)29-12-19(27)24-16-5-3-4-15(23)11-16/h3-9,11,14H,10,12H2,1-2H3,(H,24,27). The third kappa shape index (κ3) is 4.58. The van der Waals surface area contributed by atoms with Gasteiger partial charge in [0.2, 0.25) is 5.91 Å². The van der Waals surface area contributed by atoms with E-state index in [9.17, 15) is 9.59 Å². The van der Waals surface area contributed by atoms with E-state index in [1.807, 2.05) is 31.2 Å². The Bertz CT molecular complexity index is 1160. The Kier molecular flexibility index (Phi) is 6.22. The predicted octanol–water partition coefficient (Wildman–Crippen LogP) is 4.96. The number of aryl methyl sites for hydroxylation is 1. The fourth-order valence-electron chi connectivity index (χ4n) is 3.21. The van der Waals surface area contributed by atoms with E-state index < -0.39 is 0 Å². The van der Waals surface area contributed by atoms with Crippen LogP contribution in [0.25, 0.3) is 5.69 Å². The van der Waals surface area contributed by atoms with Gasteiger partial charge in [0.1, 0.15) is 0 Å². The van der Waals surface area contributed by atoms with Gasteiger partial charge in [0.05, 0.1) is 22.0 Å². The topological polar surface area (TPSA) is 64.0 Å². The molecule has 1 atom stereocenters. The van der Waals surface area contributed by atoms with E-state index in [-0.39, 0.29) is 17.2 Å². The third-order valence-electron chi connectivity index (χ3n) is 4.61. The quantitative estimate of drug-likeness (QED) is 0.433. The highest BCUT2D eigenvalue weighted by molar-refractivity contribution is 8.00. The number of benzene rings is 2. The van der Waals surface area contributed by atoms with Crippen molar-refractivity contribution < 1.29 is 4.79 Å². The molecule has 1 amide bonds. The van der Waals surface area contributed by atoms with E-state index in [0.29, 0.717) is 26.0 Å². The second-order valence-corrected chi connectivity index (χ2v) is 9.95. The van der Waals surface area contributed by atoms with E-state index in [1.165, 1.54) is 11.8 Å². The van der Waals surface area contributed by atoms with E-state index in [0.717, 1.165) is 23.4 Å². The number of thioether (sulfide) groups is 2. The van der Waals surface area contributed by atoms with E-state index >= 15 is 0 Å². The van der Waals surface area contributed by atoms with Crippen LogP contribution in [0.2, 0.25) is 5.02 Å². The molecule has 154 valence electrons. The van der Waals surface area contributed by atoms with Crippen molar-refractivity contribution in [2.24, 2.45) is 0 Å². The Labute approximate surface area is 188 Å². The number of anilines is 1. The Morgan fingerprint density at radius 3 is 2.80 bits per heavy atom. The summed E-state index contributed by atoms with van der Waals surface area (Å²) in [5.74, 6) is -0.0537. The smallest absolute Gasteiger partial charge is 0.272 e. The van der Waals surface area contributed by atoms with Crippen molar-refractivity contribution in [1.29, 1.82) is 0 Å². The molecular formula is C22H20ClN3O2S2. The van der Waals surface area contributed by atoms with Gasteiger partial charge in [0, 0.05) is 22.4 Å². The molecule has 0 bridgehead atoms. The number of hydrogen-bond acceptors (Lipinski definition) is 5. The molecule has 1 aromatic heterocycles. The fourth-order valence-corrected chi connectivity index (χ4v) is 5.33. The van der Waals surface area contributed by atoms with Crippen LogP contribution in [0.1, 0.15) is 18.2 Å². The van der Waals surface area contributed by atoms with Crippen LogP contribution in [0.4, 0.5) is 5.69 Å². The Balaban J connectivity index is 1.62. The Morgan fingerprint density at radius 1 is 1.30 bits per heavy atom. The number of hydrogen-bond donors (Lipinski definition) is 1. The number of fused-ring (bicyclic) bond motifs is 1. The van der Waals surface area contributed by atoms with Gasteiger partial charge in [0.15, 0.2) is 5.16 Å². The summed E-state index contributed by atoms with van der Waals surface area (Å²) in [6.07, 6.45) is 0.756. The highest BCUT2D eigenvalue weighted by Crippen LogP contribution is 2.35. The molecule has 1 N–H and O–H groups in total. The summed E-state index contributed by atoms with van der Waals surface area (Å²) >= 11 is 8.80. The van der Waals surface area contributed by atoms with Crippen molar-refractivity contribution in [3.63, 3.8) is 0 Å². The SMILES string of the molecule is Cc1ccc(-n2c(SCC(=O)Nc3cccc(Cl)c3)nc3c(c2=O)SC(C)C3)cc1. The number of halogens is 1. The second kappa shape index (κ2) is 8.88. The molecule has 1 aliphatic heterocycles. The van der Waals surface area contributed by atoms with Gasteiger partial charge in [-0.2, -0.15) is 0 Å². The van der Waals surface area contributed by atoms with Gasteiger partial charge in [-0.25, -0.2) is 4.98 Å². The minimum absolute atomic E-state index is 0.0732. The van der Waals surface area contributed by atoms with E-state index in [2.05, 4.69) is 12.2 Å². The van der Waals surface area contributed by atoms with Gasteiger partial charge in [-0.15, -0.1) is 11.8 Å². The summed E-state index contributed by atoms with van der Waals surface area (Å²) in [7, 11) is 0. The second-order valence-electron chi connectivity index (χ2n) is 7.13. The van der Waals surface area contributed by atoms with Gasteiger partial charge in [-0.1, -0.05) is 54.0 Å². The Morgan fingerprint density at radius 2 is 2.07 bits per heavy atom. The molecule has 1 aliphatic rings. The lowest BCUT2D eigenvalue weighted by atomic mass is 10.2. The monoisotopic (exact) mass is 457 g/mol. The molecule has 4 rings (SSSR count). The van der Waals surface area contributed by atoms with Crippen molar-refractivity contribution in [2.75, 3.05) is 11.1 Å². The zero-order valence-corrected chi connectivity index (χ0v) is 18.9. The molecule has 1 unspecified atom stereocenters. The average molecular weight is 458 g/mol. The third-order valence-corrected chi connectivity index (χ3v) is 7.00. The first-order chi connectivity index (χ1) is 14.4. The molecule has 8 heteroatoms. The molecule has 3 aromatic rings. The molecular weight excluding hydrogens is 438 g/mol. The van der Waals surface area contributed by atoms with Crippen molar-refractivity contribution in [3.05, 3.63) is 75.2 Å². The van der Waals surface area contributed by atoms with Gasteiger partial charge < -0.3 is 5.32 Å². The highest BCUT2D eigenvalue weighted by atomic mass is 35.5. The largest absolute Gasteiger partial charge is 0.325 e. The molecule has 2 heterocycles. The van der Waals surface area contributed by atoms with Crippen LogP contribution in [-0.4, -0.2) is 26.5 Å². The lowest BCUT2D eigenvalue weighted by Crippen LogP contribution is -2.24. The predicted molar refractivity (Wildman–Crippen MR) is 124 cm³/mol. The number of aromatic nitrogens is 2. The van der Waals surface area contributed by atoms with Crippen LogP contribution in [0, 0.1) is 6.92 Å². The summed E-state index contributed by atoms with van der Waals surface area (Å²) in [5.41, 5.74) is 3.24. The highest BCUT2D eigenvalue weighted by Gasteiger charge is 2.27. The summed E-state index contributed by atoms with van der Waals surface area (Å²) in [6.45, 7) is 4.09. The van der Waals surface area contributed by atoms with Crippen LogP contribution >= 0.6 is 35.1 Å². The van der Waals surface area contributed by atoms with Gasteiger partial charge in [-0.3, -0.25) is 14.2 Å². The first-order valence-electron chi connectivity index (χ1n) is 9.48. The van der Waals surface area contributed by atoms with Crippen LogP contribution < -0.4 is 10.9 Å².